The van der Waals surface area contributed by atoms with Crippen molar-refractivity contribution in [3.05, 3.63) is 81.3 Å². The minimum absolute atomic E-state index is 0.257. The molecule has 0 fully saturated rings. The number of hydrogen-bond acceptors (Lipinski definition) is 4. The number of amides is 1. The van der Waals surface area contributed by atoms with E-state index >= 15 is 0 Å². The van der Waals surface area contributed by atoms with E-state index in [-0.39, 0.29) is 5.91 Å². The molecule has 0 aliphatic carbocycles. The second kappa shape index (κ2) is 9.24. The van der Waals surface area contributed by atoms with Crippen molar-refractivity contribution < 1.29 is 4.79 Å². The quantitative estimate of drug-likeness (QED) is 0.370. The van der Waals surface area contributed by atoms with Crippen LogP contribution in [0.15, 0.2) is 64.9 Å². The van der Waals surface area contributed by atoms with Crippen LogP contribution in [0.25, 0.3) is 6.08 Å². The highest BCUT2D eigenvalue weighted by Crippen LogP contribution is 2.25. The van der Waals surface area contributed by atoms with E-state index in [1.54, 1.807) is 36.0 Å². The molecule has 26 heavy (non-hydrogen) atoms. The molecule has 0 unspecified atom stereocenters. The number of thioether (sulfide) groups is 1. The van der Waals surface area contributed by atoms with Crippen molar-refractivity contribution in [1.29, 1.82) is 0 Å². The maximum atomic E-state index is 12.0. The van der Waals surface area contributed by atoms with Crippen molar-refractivity contribution in [1.82, 2.24) is 4.98 Å². The molecule has 0 saturated carbocycles. The van der Waals surface area contributed by atoms with E-state index in [0.29, 0.717) is 15.2 Å². The lowest BCUT2D eigenvalue weighted by Gasteiger charge is -2.00. The number of halogens is 2. The summed E-state index contributed by atoms with van der Waals surface area (Å²) in [6, 6.07) is 15.3. The lowest BCUT2D eigenvalue weighted by atomic mass is 10.2. The first kappa shape index (κ1) is 19.0. The Kier molecular flexibility index (Phi) is 6.74. The number of carbonyl (C=O) groups is 1. The fourth-order valence-electron chi connectivity index (χ4n) is 2.05. The summed E-state index contributed by atoms with van der Waals surface area (Å²) in [7, 11) is 0. The van der Waals surface area contributed by atoms with Gasteiger partial charge >= 0.3 is 0 Å². The molecule has 3 rings (SSSR count). The van der Waals surface area contributed by atoms with Gasteiger partial charge in [-0.05, 0) is 35.9 Å². The largest absolute Gasteiger partial charge is 0.298 e. The highest BCUT2D eigenvalue weighted by Gasteiger charge is 2.06. The average Bonchev–Trinajstić information content (AvgIpc) is 3.07. The fraction of sp³-hybridized carbons (Fsp3) is 0.0526. The van der Waals surface area contributed by atoms with Crippen LogP contribution in [0.1, 0.15) is 11.3 Å². The van der Waals surface area contributed by atoms with Crippen molar-refractivity contribution in [2.45, 2.75) is 10.6 Å². The number of benzene rings is 2. The molecule has 7 heteroatoms. The second-order valence-corrected chi connectivity index (χ2v) is 7.98. The lowest BCUT2D eigenvalue weighted by Crippen LogP contribution is -2.07. The van der Waals surface area contributed by atoms with Crippen molar-refractivity contribution in [2.75, 3.05) is 5.32 Å². The summed E-state index contributed by atoms with van der Waals surface area (Å²) in [6.45, 7) is 0. The van der Waals surface area contributed by atoms with Gasteiger partial charge in [0.25, 0.3) is 0 Å². The van der Waals surface area contributed by atoms with Gasteiger partial charge in [0.05, 0.1) is 5.69 Å². The summed E-state index contributed by atoms with van der Waals surface area (Å²) in [5, 5.41) is 6.34. The summed E-state index contributed by atoms with van der Waals surface area (Å²) in [5.74, 6) is 0.500. The topological polar surface area (TPSA) is 42.0 Å². The minimum atomic E-state index is -0.257. The molecule has 0 aliphatic heterocycles. The summed E-state index contributed by atoms with van der Waals surface area (Å²) in [5.41, 5.74) is 1.66. The van der Waals surface area contributed by atoms with E-state index in [4.69, 9.17) is 23.2 Å². The summed E-state index contributed by atoms with van der Waals surface area (Å²) in [6.07, 6.45) is 3.07. The van der Waals surface area contributed by atoms with E-state index in [9.17, 15) is 4.79 Å². The fourth-order valence-corrected chi connectivity index (χ4v) is 4.16. The van der Waals surface area contributed by atoms with Crippen molar-refractivity contribution in [2.24, 2.45) is 0 Å². The number of anilines is 1. The number of aromatic nitrogens is 1. The summed E-state index contributed by atoms with van der Waals surface area (Å²) in [4.78, 5) is 17.7. The van der Waals surface area contributed by atoms with E-state index in [0.717, 1.165) is 17.0 Å². The first-order valence-electron chi connectivity index (χ1n) is 7.66. The molecular formula is C19H14Cl2N2OS2. The Bertz CT molecular complexity index is 926. The number of carbonyl (C=O) groups excluding carboxylic acids is 1. The van der Waals surface area contributed by atoms with Gasteiger partial charge in [0, 0.05) is 32.1 Å². The molecule has 1 amide bonds. The van der Waals surface area contributed by atoms with Crippen molar-refractivity contribution in [3.8, 4) is 0 Å². The molecule has 1 heterocycles. The van der Waals surface area contributed by atoms with Gasteiger partial charge in [0.15, 0.2) is 5.13 Å². The third-order valence-electron chi connectivity index (χ3n) is 3.29. The molecule has 3 nitrogen and oxygen atoms in total. The minimum Gasteiger partial charge on any atom is -0.298 e. The van der Waals surface area contributed by atoms with Gasteiger partial charge in [-0.15, -0.1) is 23.1 Å². The lowest BCUT2D eigenvalue weighted by molar-refractivity contribution is -0.111. The maximum Gasteiger partial charge on any atom is 0.250 e. The Labute approximate surface area is 170 Å². The van der Waals surface area contributed by atoms with Crippen molar-refractivity contribution >= 4 is 63.4 Å². The van der Waals surface area contributed by atoms with Gasteiger partial charge in [-0.2, -0.15) is 0 Å². The molecule has 1 N–H and O–H groups in total. The Hall–Kier alpha value is -1.79. The molecule has 0 saturated heterocycles. The Morgan fingerprint density at radius 3 is 2.77 bits per heavy atom. The predicted octanol–water partition coefficient (Wildman–Crippen LogP) is 6.39. The Balaban J connectivity index is 1.54. The van der Waals surface area contributed by atoms with Gasteiger partial charge in [-0.1, -0.05) is 47.5 Å². The van der Waals surface area contributed by atoms with E-state index in [1.807, 2.05) is 23.6 Å². The Morgan fingerprint density at radius 1 is 1.19 bits per heavy atom. The zero-order chi connectivity index (χ0) is 18.4. The van der Waals surface area contributed by atoms with Crippen molar-refractivity contribution in [3.63, 3.8) is 0 Å². The number of nitrogens with zero attached hydrogens (tertiary/aromatic N) is 1. The SMILES string of the molecule is O=C(/C=C/c1ccc(Cl)cc1Cl)Nc1nc(CSc2ccccc2)cs1. The molecule has 0 bridgehead atoms. The number of rotatable bonds is 6. The van der Waals surface area contributed by atoms with Crippen LogP contribution in [-0.4, -0.2) is 10.9 Å². The highest BCUT2D eigenvalue weighted by atomic mass is 35.5. The van der Waals surface area contributed by atoms with Gasteiger partial charge in [0.2, 0.25) is 5.91 Å². The standard InChI is InChI=1S/C19H14Cl2N2OS2/c20-14-8-6-13(17(21)10-14)7-9-18(24)23-19-22-15(12-26-19)11-25-16-4-2-1-3-5-16/h1-10,12H,11H2,(H,22,23,24)/b9-7+. The van der Waals surface area contributed by atoms with Gasteiger partial charge < -0.3 is 0 Å². The third kappa shape index (κ3) is 5.61. The molecular weight excluding hydrogens is 407 g/mol. The summed E-state index contributed by atoms with van der Waals surface area (Å²) < 4.78 is 0. The van der Waals surface area contributed by atoms with Gasteiger partial charge in [0.1, 0.15) is 0 Å². The molecule has 3 aromatic rings. The van der Waals surface area contributed by atoms with Crippen LogP contribution in [0.3, 0.4) is 0 Å². The molecule has 2 aromatic carbocycles. The molecule has 0 radical (unpaired) electrons. The maximum absolute atomic E-state index is 12.0. The van der Waals surface area contributed by atoms with E-state index in [2.05, 4.69) is 22.4 Å². The van der Waals surface area contributed by atoms with Crippen LogP contribution in [0.4, 0.5) is 5.13 Å². The van der Waals surface area contributed by atoms with Crippen LogP contribution in [0.2, 0.25) is 10.0 Å². The first-order chi connectivity index (χ1) is 12.6. The molecule has 1 aromatic heterocycles. The number of thiazole rings is 1. The van der Waals surface area contributed by atoms with Crippen LogP contribution in [0.5, 0.6) is 0 Å². The third-order valence-corrected chi connectivity index (χ3v) is 5.70. The van der Waals surface area contributed by atoms with Gasteiger partial charge in [-0.3, -0.25) is 10.1 Å². The van der Waals surface area contributed by atoms with E-state index in [1.165, 1.54) is 22.3 Å². The molecule has 0 spiro atoms. The zero-order valence-corrected chi connectivity index (χ0v) is 16.6. The number of hydrogen-bond donors (Lipinski definition) is 1. The average molecular weight is 421 g/mol. The monoisotopic (exact) mass is 420 g/mol. The highest BCUT2D eigenvalue weighted by molar-refractivity contribution is 7.98. The first-order valence-corrected chi connectivity index (χ1v) is 10.3. The van der Waals surface area contributed by atoms with Gasteiger partial charge in [-0.25, -0.2) is 4.98 Å². The van der Waals surface area contributed by atoms with E-state index < -0.39 is 0 Å². The molecule has 0 atom stereocenters. The van der Waals surface area contributed by atoms with Crippen LogP contribution < -0.4 is 5.32 Å². The smallest absolute Gasteiger partial charge is 0.250 e. The normalized spacial score (nSPS) is 11.0. The van der Waals surface area contributed by atoms with Crippen LogP contribution in [0, 0.1) is 0 Å². The second-order valence-electron chi connectivity index (χ2n) is 5.23. The van der Waals surface area contributed by atoms with Crippen LogP contribution >= 0.6 is 46.3 Å². The molecule has 0 aliphatic rings. The van der Waals surface area contributed by atoms with Crippen LogP contribution in [-0.2, 0) is 10.5 Å². The number of nitrogens with one attached hydrogen (secondary N) is 1. The summed E-state index contributed by atoms with van der Waals surface area (Å²) >= 11 is 15.1. The Morgan fingerprint density at radius 2 is 2.00 bits per heavy atom. The predicted molar refractivity (Wildman–Crippen MR) is 112 cm³/mol. The zero-order valence-electron chi connectivity index (χ0n) is 13.5. The molecule has 132 valence electrons.